The number of imide groups is 1. The molecule has 0 radical (unpaired) electrons. The van der Waals surface area contributed by atoms with Gasteiger partial charge in [0.15, 0.2) is 0 Å². The summed E-state index contributed by atoms with van der Waals surface area (Å²) in [4.78, 5) is 35.0. The van der Waals surface area contributed by atoms with Crippen LogP contribution in [0.1, 0.15) is 18.4 Å². The maximum atomic E-state index is 13.5. The van der Waals surface area contributed by atoms with Crippen LogP contribution in [-0.4, -0.2) is 104 Å². The van der Waals surface area contributed by atoms with E-state index in [0.717, 1.165) is 44.6 Å². The Morgan fingerprint density at radius 3 is 2.29 bits per heavy atom. The average molecular weight is 447 g/mol. The number of likely N-dealkylation sites (N-methyl/N-ethyl adjacent to an activating group) is 1. The van der Waals surface area contributed by atoms with Crippen molar-refractivity contribution in [3.63, 3.8) is 0 Å². The van der Waals surface area contributed by atoms with Gasteiger partial charge in [0.05, 0.1) is 18.8 Å². The van der Waals surface area contributed by atoms with Crippen molar-refractivity contribution >= 4 is 29.0 Å². The largest absolute Gasteiger partial charge is 0.379 e. The molecular weight excluding hydrogens is 416 g/mol. The molecule has 7 nitrogen and oxygen atoms in total. The van der Waals surface area contributed by atoms with Gasteiger partial charge < -0.3 is 14.5 Å². The topological polar surface area (TPSA) is 56.3 Å². The Bertz CT molecular complexity index is 843. The van der Waals surface area contributed by atoms with E-state index in [9.17, 15) is 9.59 Å². The summed E-state index contributed by atoms with van der Waals surface area (Å²) in [7, 11) is 4.07. The highest BCUT2D eigenvalue weighted by Gasteiger charge is 2.42. The highest BCUT2D eigenvalue weighted by atomic mass is 35.5. The molecule has 8 heteroatoms. The van der Waals surface area contributed by atoms with E-state index in [1.807, 2.05) is 24.1 Å². The second kappa shape index (κ2) is 9.69. The molecule has 3 heterocycles. The first-order valence-electron chi connectivity index (χ1n) is 11.0. The van der Waals surface area contributed by atoms with Crippen LogP contribution in [0.5, 0.6) is 0 Å². The quantitative estimate of drug-likeness (QED) is 0.621. The normalized spacial score (nSPS) is 22.0. The Kier molecular flexibility index (Phi) is 6.96. The van der Waals surface area contributed by atoms with Crippen molar-refractivity contribution in [1.29, 1.82) is 0 Å². The lowest BCUT2D eigenvalue weighted by molar-refractivity contribution is -0.138. The third-order valence-corrected chi connectivity index (χ3v) is 6.86. The maximum Gasteiger partial charge on any atom is 0.277 e. The van der Waals surface area contributed by atoms with Crippen molar-refractivity contribution in [2.24, 2.45) is 0 Å². The molecule has 0 N–H and O–H groups in total. The summed E-state index contributed by atoms with van der Waals surface area (Å²) in [5.41, 5.74) is 1.75. The second-order valence-corrected chi connectivity index (χ2v) is 9.03. The van der Waals surface area contributed by atoms with Crippen molar-refractivity contribution in [1.82, 2.24) is 19.6 Å². The minimum absolute atomic E-state index is 0.190. The molecule has 0 atom stereocenters. The molecule has 0 bridgehead atoms. The van der Waals surface area contributed by atoms with Crippen LogP contribution in [0.3, 0.4) is 0 Å². The molecule has 0 aromatic heterocycles. The minimum atomic E-state index is -0.213. The summed E-state index contributed by atoms with van der Waals surface area (Å²) >= 11 is 6.07. The lowest BCUT2D eigenvalue weighted by Crippen LogP contribution is -2.45. The number of ether oxygens (including phenoxy) is 1. The number of hydrogen-bond donors (Lipinski definition) is 0. The van der Waals surface area contributed by atoms with Crippen LogP contribution < -0.4 is 0 Å². The van der Waals surface area contributed by atoms with Crippen molar-refractivity contribution in [2.75, 3.05) is 66.6 Å². The number of amides is 2. The molecule has 1 aromatic rings. The Labute approximate surface area is 189 Å². The molecule has 31 heavy (non-hydrogen) atoms. The van der Waals surface area contributed by atoms with Gasteiger partial charge in [-0.2, -0.15) is 0 Å². The van der Waals surface area contributed by atoms with Crippen molar-refractivity contribution in [3.8, 4) is 0 Å². The average Bonchev–Trinajstić information content (AvgIpc) is 3.03. The number of hydrogen-bond acceptors (Lipinski definition) is 6. The van der Waals surface area contributed by atoms with Crippen molar-refractivity contribution < 1.29 is 14.3 Å². The number of nitrogens with zero attached hydrogens (tertiary/aromatic N) is 4. The van der Waals surface area contributed by atoms with E-state index in [4.69, 9.17) is 16.3 Å². The van der Waals surface area contributed by atoms with Crippen LogP contribution in [0.4, 0.5) is 0 Å². The number of halogens is 1. The van der Waals surface area contributed by atoms with Gasteiger partial charge in [0.2, 0.25) is 0 Å². The van der Waals surface area contributed by atoms with Gasteiger partial charge in [-0.05, 0) is 50.7 Å². The van der Waals surface area contributed by atoms with Gasteiger partial charge in [0.25, 0.3) is 11.8 Å². The molecule has 2 fully saturated rings. The molecule has 3 aliphatic rings. The Morgan fingerprint density at radius 2 is 1.65 bits per heavy atom. The predicted molar refractivity (Wildman–Crippen MR) is 121 cm³/mol. The van der Waals surface area contributed by atoms with Gasteiger partial charge in [0.1, 0.15) is 5.70 Å². The molecule has 3 aliphatic heterocycles. The van der Waals surface area contributed by atoms with Gasteiger partial charge in [-0.3, -0.25) is 19.4 Å². The fraction of sp³-hybridized carbons (Fsp3) is 0.565. The Morgan fingerprint density at radius 1 is 1.00 bits per heavy atom. The molecule has 4 rings (SSSR count). The van der Waals surface area contributed by atoms with Crippen LogP contribution >= 0.6 is 11.6 Å². The number of morpholine rings is 1. The van der Waals surface area contributed by atoms with Gasteiger partial charge >= 0.3 is 0 Å². The highest BCUT2D eigenvalue weighted by Crippen LogP contribution is 2.34. The summed E-state index contributed by atoms with van der Waals surface area (Å²) in [6, 6.07) is 7.44. The van der Waals surface area contributed by atoms with E-state index < -0.39 is 0 Å². The number of piperidine rings is 1. The Balaban J connectivity index is 1.60. The fourth-order valence-corrected chi connectivity index (χ4v) is 4.73. The summed E-state index contributed by atoms with van der Waals surface area (Å²) in [5, 5.41) is 0.607. The first-order chi connectivity index (χ1) is 15.0. The first-order valence-corrected chi connectivity index (χ1v) is 11.4. The number of rotatable bonds is 6. The summed E-state index contributed by atoms with van der Waals surface area (Å²) in [5.74, 6) is -0.403. The number of carbonyl (C=O) groups is 2. The lowest BCUT2D eigenvalue weighted by Gasteiger charge is -2.36. The van der Waals surface area contributed by atoms with E-state index in [1.54, 1.807) is 12.1 Å². The highest BCUT2D eigenvalue weighted by molar-refractivity contribution is 6.36. The lowest BCUT2D eigenvalue weighted by atomic mass is 10.0. The fourth-order valence-electron chi connectivity index (χ4n) is 4.60. The van der Waals surface area contributed by atoms with Crippen LogP contribution in [0, 0.1) is 0 Å². The molecule has 0 saturated carbocycles. The van der Waals surface area contributed by atoms with Gasteiger partial charge in [-0.25, -0.2) is 0 Å². The van der Waals surface area contributed by atoms with E-state index in [-0.39, 0.29) is 17.9 Å². The molecule has 0 unspecified atom stereocenters. The van der Waals surface area contributed by atoms with Crippen LogP contribution in [-0.2, 0) is 14.3 Å². The minimum Gasteiger partial charge on any atom is -0.379 e. The third-order valence-electron chi connectivity index (χ3n) is 6.61. The smallest absolute Gasteiger partial charge is 0.277 e. The van der Waals surface area contributed by atoms with Crippen LogP contribution in [0.2, 0.25) is 5.02 Å². The molecule has 168 valence electrons. The number of carbonyl (C=O) groups excluding carboxylic acids is 2. The zero-order valence-electron chi connectivity index (χ0n) is 18.3. The zero-order chi connectivity index (χ0) is 22.0. The third kappa shape index (κ3) is 4.80. The SMILES string of the molecule is CN1CCC(N(C)C2=C(c3ccc(Cl)cc3)C(=O)N(CCN3CCOCC3)C2=O)CC1. The maximum absolute atomic E-state index is 13.5. The van der Waals surface area contributed by atoms with E-state index in [0.29, 0.717) is 42.6 Å². The molecule has 0 spiro atoms. The van der Waals surface area contributed by atoms with Gasteiger partial charge in [0, 0.05) is 44.3 Å². The van der Waals surface area contributed by atoms with Gasteiger partial charge in [-0.15, -0.1) is 0 Å². The number of likely N-dealkylation sites (tertiary alicyclic amines) is 1. The number of benzene rings is 1. The van der Waals surface area contributed by atoms with Crippen molar-refractivity contribution in [3.05, 3.63) is 40.5 Å². The first kappa shape index (κ1) is 22.3. The van der Waals surface area contributed by atoms with E-state index in [2.05, 4.69) is 16.8 Å². The van der Waals surface area contributed by atoms with Crippen LogP contribution in [0.15, 0.2) is 30.0 Å². The molecule has 0 aliphatic carbocycles. The van der Waals surface area contributed by atoms with Crippen molar-refractivity contribution in [2.45, 2.75) is 18.9 Å². The van der Waals surface area contributed by atoms with E-state index in [1.165, 1.54) is 4.90 Å². The molecule has 1 aromatic carbocycles. The molecule has 2 amide bonds. The van der Waals surface area contributed by atoms with E-state index >= 15 is 0 Å². The predicted octanol–water partition coefficient (Wildman–Crippen LogP) is 1.78. The zero-order valence-corrected chi connectivity index (χ0v) is 19.1. The van der Waals surface area contributed by atoms with Gasteiger partial charge in [-0.1, -0.05) is 23.7 Å². The molecule has 2 saturated heterocycles. The Hall–Kier alpha value is -1.93. The monoisotopic (exact) mass is 446 g/mol. The second-order valence-electron chi connectivity index (χ2n) is 8.59. The van der Waals surface area contributed by atoms with Crippen LogP contribution in [0.25, 0.3) is 5.57 Å². The summed E-state index contributed by atoms with van der Waals surface area (Å²) in [6.45, 7) is 6.08. The summed E-state index contributed by atoms with van der Waals surface area (Å²) in [6.07, 6.45) is 1.94. The standard InChI is InChI=1S/C23H31ClN4O3/c1-25-9-7-19(8-10-25)26(2)21-20(17-3-5-18(24)6-4-17)22(29)28(23(21)30)12-11-27-13-15-31-16-14-27/h3-6,19H,7-16H2,1-2H3. The summed E-state index contributed by atoms with van der Waals surface area (Å²) < 4.78 is 5.40. The molecular formula is C23H31ClN4O3.